The summed E-state index contributed by atoms with van der Waals surface area (Å²) in [7, 11) is 0. The zero-order valence-corrected chi connectivity index (χ0v) is 13.8. The van der Waals surface area contributed by atoms with Gasteiger partial charge in [-0.3, -0.25) is 0 Å². The number of benzene rings is 1. The highest BCUT2D eigenvalue weighted by molar-refractivity contribution is 14.1. The van der Waals surface area contributed by atoms with Gasteiger partial charge in [0.05, 0.1) is 10.7 Å². The summed E-state index contributed by atoms with van der Waals surface area (Å²) in [4.78, 5) is 13.3. The molecule has 1 aliphatic heterocycles. The van der Waals surface area contributed by atoms with E-state index in [1.165, 1.54) is 0 Å². The molecule has 3 rings (SSSR count). The summed E-state index contributed by atoms with van der Waals surface area (Å²) in [5.41, 5.74) is 1.11. The first-order chi connectivity index (χ1) is 9.74. The monoisotopic (exact) mass is 400 g/mol. The average molecular weight is 401 g/mol. The first kappa shape index (κ1) is 13.9. The van der Waals surface area contributed by atoms with Crippen molar-refractivity contribution in [2.45, 2.75) is 0 Å². The van der Waals surface area contributed by atoms with Gasteiger partial charge in [0.15, 0.2) is 0 Å². The van der Waals surface area contributed by atoms with Crippen LogP contribution in [0.5, 0.6) is 0 Å². The van der Waals surface area contributed by atoms with Crippen molar-refractivity contribution in [1.29, 1.82) is 0 Å². The van der Waals surface area contributed by atoms with Crippen LogP contribution in [0.3, 0.4) is 0 Å². The van der Waals surface area contributed by atoms with Crippen LogP contribution in [-0.4, -0.2) is 36.1 Å². The average Bonchev–Trinajstić information content (AvgIpc) is 2.49. The first-order valence-electron chi connectivity index (χ1n) is 6.46. The van der Waals surface area contributed by atoms with Gasteiger partial charge in [-0.15, -0.1) is 0 Å². The van der Waals surface area contributed by atoms with Gasteiger partial charge in [0, 0.05) is 42.1 Å². The second kappa shape index (κ2) is 6.13. The molecular weight excluding hydrogens is 387 g/mol. The van der Waals surface area contributed by atoms with Crippen LogP contribution in [0, 0.1) is 3.57 Å². The van der Waals surface area contributed by atoms with E-state index in [4.69, 9.17) is 11.6 Å². The molecule has 0 aliphatic carbocycles. The Morgan fingerprint density at radius 1 is 0.950 bits per heavy atom. The molecule has 0 radical (unpaired) electrons. The van der Waals surface area contributed by atoms with Crippen LogP contribution in [0.25, 0.3) is 0 Å². The van der Waals surface area contributed by atoms with E-state index in [-0.39, 0.29) is 0 Å². The number of rotatable bonds is 2. The molecule has 0 bridgehead atoms. The van der Waals surface area contributed by atoms with Crippen molar-refractivity contribution >= 4 is 45.8 Å². The van der Waals surface area contributed by atoms with Crippen molar-refractivity contribution < 1.29 is 0 Å². The van der Waals surface area contributed by atoms with Crippen molar-refractivity contribution in [3.05, 3.63) is 45.3 Å². The van der Waals surface area contributed by atoms with Gasteiger partial charge in [0.2, 0.25) is 5.95 Å². The first-order valence-corrected chi connectivity index (χ1v) is 7.92. The Morgan fingerprint density at radius 2 is 1.55 bits per heavy atom. The minimum Gasteiger partial charge on any atom is -0.367 e. The fourth-order valence-corrected chi connectivity index (χ4v) is 2.86. The third-order valence-electron chi connectivity index (χ3n) is 3.36. The zero-order valence-electron chi connectivity index (χ0n) is 10.8. The summed E-state index contributed by atoms with van der Waals surface area (Å²) in [6.45, 7) is 3.68. The molecule has 0 saturated carbocycles. The quantitative estimate of drug-likeness (QED) is 0.725. The number of piperazine rings is 1. The Hall–Kier alpha value is -1.08. The van der Waals surface area contributed by atoms with Crippen molar-refractivity contribution in [2.24, 2.45) is 0 Å². The molecule has 1 aromatic carbocycles. The van der Waals surface area contributed by atoms with Crippen LogP contribution in [0.15, 0.2) is 36.7 Å². The number of hydrogen-bond acceptors (Lipinski definition) is 4. The molecular formula is C14H14ClIN4. The fourth-order valence-electron chi connectivity index (χ4n) is 2.32. The van der Waals surface area contributed by atoms with Crippen LogP contribution in [0.2, 0.25) is 5.02 Å². The van der Waals surface area contributed by atoms with E-state index in [9.17, 15) is 0 Å². The van der Waals surface area contributed by atoms with E-state index in [1.54, 1.807) is 0 Å². The molecule has 0 spiro atoms. The lowest BCUT2D eigenvalue weighted by Gasteiger charge is -2.36. The maximum absolute atomic E-state index is 6.25. The molecule has 2 heterocycles. The van der Waals surface area contributed by atoms with Crippen LogP contribution < -0.4 is 9.80 Å². The van der Waals surface area contributed by atoms with Gasteiger partial charge in [-0.05, 0) is 34.7 Å². The summed E-state index contributed by atoms with van der Waals surface area (Å²) in [6, 6.07) is 7.99. The number of anilines is 2. The molecule has 1 fully saturated rings. The molecule has 4 nitrogen and oxygen atoms in total. The maximum atomic E-state index is 6.25. The predicted octanol–water partition coefficient (Wildman–Crippen LogP) is 3.06. The number of para-hydroxylation sites is 1. The fraction of sp³-hybridized carbons (Fsp3) is 0.286. The zero-order chi connectivity index (χ0) is 13.9. The molecule has 1 aromatic heterocycles. The van der Waals surface area contributed by atoms with E-state index < -0.39 is 0 Å². The third-order valence-corrected chi connectivity index (χ3v) is 4.24. The van der Waals surface area contributed by atoms with Gasteiger partial charge >= 0.3 is 0 Å². The third kappa shape index (κ3) is 2.98. The summed E-state index contributed by atoms with van der Waals surface area (Å²) in [5, 5.41) is 0.812. The molecule has 0 N–H and O–H groups in total. The number of aromatic nitrogens is 2. The molecule has 2 aromatic rings. The maximum Gasteiger partial charge on any atom is 0.225 e. The van der Waals surface area contributed by atoms with Crippen LogP contribution in [0.1, 0.15) is 0 Å². The van der Waals surface area contributed by atoms with E-state index in [1.807, 2.05) is 30.6 Å². The van der Waals surface area contributed by atoms with Crippen molar-refractivity contribution in [1.82, 2.24) is 9.97 Å². The Balaban J connectivity index is 1.68. The van der Waals surface area contributed by atoms with E-state index >= 15 is 0 Å². The van der Waals surface area contributed by atoms with E-state index in [2.05, 4.69) is 48.4 Å². The predicted molar refractivity (Wildman–Crippen MR) is 90.6 cm³/mol. The minimum atomic E-state index is 0.809. The minimum absolute atomic E-state index is 0.809. The highest BCUT2D eigenvalue weighted by Crippen LogP contribution is 2.26. The molecule has 1 aliphatic rings. The van der Waals surface area contributed by atoms with Crippen LogP contribution >= 0.6 is 34.2 Å². The lowest BCUT2D eigenvalue weighted by Crippen LogP contribution is -2.47. The van der Waals surface area contributed by atoms with Gasteiger partial charge in [0.1, 0.15) is 0 Å². The smallest absolute Gasteiger partial charge is 0.225 e. The van der Waals surface area contributed by atoms with Crippen molar-refractivity contribution in [3.8, 4) is 0 Å². The summed E-state index contributed by atoms with van der Waals surface area (Å²) >= 11 is 8.46. The van der Waals surface area contributed by atoms with Gasteiger partial charge in [-0.2, -0.15) is 0 Å². The molecule has 1 saturated heterocycles. The largest absolute Gasteiger partial charge is 0.367 e. The lowest BCUT2D eigenvalue weighted by molar-refractivity contribution is 0.640. The standard InChI is InChI=1S/C14H14ClIN4/c15-12-3-1-2-4-13(12)19-5-7-20(8-6-19)14-17-9-11(16)10-18-14/h1-4,9-10H,5-8H2. The van der Waals surface area contributed by atoms with Crippen molar-refractivity contribution in [3.63, 3.8) is 0 Å². The Labute approximate surface area is 136 Å². The van der Waals surface area contributed by atoms with Crippen LogP contribution in [0.4, 0.5) is 11.6 Å². The van der Waals surface area contributed by atoms with E-state index in [0.29, 0.717) is 0 Å². The Morgan fingerprint density at radius 3 is 2.20 bits per heavy atom. The van der Waals surface area contributed by atoms with Gasteiger partial charge < -0.3 is 9.80 Å². The second-order valence-electron chi connectivity index (χ2n) is 4.63. The van der Waals surface area contributed by atoms with Gasteiger partial charge in [-0.1, -0.05) is 23.7 Å². The molecule has 0 amide bonds. The van der Waals surface area contributed by atoms with Crippen LogP contribution in [-0.2, 0) is 0 Å². The van der Waals surface area contributed by atoms with Crippen molar-refractivity contribution in [2.75, 3.05) is 36.0 Å². The second-order valence-corrected chi connectivity index (χ2v) is 6.28. The molecule has 20 heavy (non-hydrogen) atoms. The summed E-state index contributed by atoms with van der Waals surface area (Å²) in [5.74, 6) is 0.809. The normalized spacial score (nSPS) is 15.5. The summed E-state index contributed by atoms with van der Waals surface area (Å²) in [6.07, 6.45) is 3.70. The van der Waals surface area contributed by atoms with Gasteiger partial charge in [-0.25, -0.2) is 9.97 Å². The lowest BCUT2D eigenvalue weighted by atomic mass is 10.2. The number of halogens is 2. The highest BCUT2D eigenvalue weighted by atomic mass is 127. The molecule has 0 atom stereocenters. The topological polar surface area (TPSA) is 32.3 Å². The Kier molecular flexibility index (Phi) is 4.26. The number of hydrogen-bond donors (Lipinski definition) is 0. The molecule has 104 valence electrons. The SMILES string of the molecule is Clc1ccccc1N1CCN(c2ncc(I)cn2)CC1. The van der Waals surface area contributed by atoms with E-state index in [0.717, 1.165) is 46.4 Å². The molecule has 0 unspecified atom stereocenters. The Bertz CT molecular complexity index is 582. The highest BCUT2D eigenvalue weighted by Gasteiger charge is 2.20. The number of nitrogens with zero attached hydrogens (tertiary/aromatic N) is 4. The van der Waals surface area contributed by atoms with Gasteiger partial charge in [0.25, 0.3) is 0 Å². The summed E-state index contributed by atoms with van der Waals surface area (Å²) < 4.78 is 1.06. The molecule has 6 heteroatoms.